The van der Waals surface area contributed by atoms with E-state index in [1.165, 1.54) is 18.3 Å². The number of aromatic nitrogens is 1. The quantitative estimate of drug-likeness (QED) is 0.680. The molecule has 1 aromatic carbocycles. The zero-order chi connectivity index (χ0) is 15.8. The molecule has 0 bridgehead atoms. The molecule has 0 aliphatic heterocycles. The molecule has 0 saturated carbocycles. The summed E-state index contributed by atoms with van der Waals surface area (Å²) in [4.78, 5) is 3.81. The van der Waals surface area contributed by atoms with Gasteiger partial charge < -0.3 is 10.5 Å². The number of ether oxygens (including phenoxy) is 1. The van der Waals surface area contributed by atoms with Gasteiger partial charge in [-0.2, -0.15) is 26.3 Å². The smallest absolute Gasteiger partial charge is 0.434 e. The second-order valence-corrected chi connectivity index (χ2v) is 4.13. The van der Waals surface area contributed by atoms with E-state index >= 15 is 0 Å². The van der Waals surface area contributed by atoms with Crippen LogP contribution in [0, 0.1) is 0 Å². The zero-order valence-corrected chi connectivity index (χ0v) is 10.2. The van der Waals surface area contributed by atoms with Gasteiger partial charge in [-0.3, -0.25) is 4.98 Å². The van der Waals surface area contributed by atoms with Gasteiger partial charge in [0.1, 0.15) is 5.75 Å². The van der Waals surface area contributed by atoms with Crippen LogP contribution in [0.2, 0.25) is 0 Å². The van der Waals surface area contributed by atoms with Gasteiger partial charge in [0.2, 0.25) is 0 Å². The van der Waals surface area contributed by atoms with Crippen molar-refractivity contribution in [2.45, 2.75) is 18.5 Å². The molecule has 0 aliphatic carbocycles. The van der Waals surface area contributed by atoms with Gasteiger partial charge in [-0.05, 0) is 24.3 Å². The first-order chi connectivity index (χ1) is 9.60. The molecule has 1 aromatic heterocycles. The van der Waals surface area contributed by atoms with Gasteiger partial charge in [0.15, 0.2) is 0 Å². The number of benzene rings is 1. The Balaban J connectivity index is 2.50. The third kappa shape index (κ3) is 3.11. The van der Waals surface area contributed by atoms with E-state index in [1.807, 2.05) is 0 Å². The van der Waals surface area contributed by atoms with Crippen molar-refractivity contribution < 1.29 is 31.1 Å². The van der Waals surface area contributed by atoms with E-state index in [2.05, 4.69) is 9.72 Å². The lowest BCUT2D eigenvalue weighted by molar-refractivity contribution is -0.299. The van der Waals surface area contributed by atoms with Crippen LogP contribution in [0.25, 0.3) is 10.9 Å². The maximum Gasteiger partial charge on any atom is 0.434 e. The molecule has 114 valence electrons. The summed E-state index contributed by atoms with van der Waals surface area (Å²) >= 11 is 0. The summed E-state index contributed by atoms with van der Waals surface area (Å²) < 4.78 is 79.1. The Hall–Kier alpha value is -2.19. The molecule has 0 amide bonds. The molecule has 1 heterocycles. The molecule has 9 heteroatoms. The minimum absolute atomic E-state index is 0.0315. The second-order valence-electron chi connectivity index (χ2n) is 4.13. The fourth-order valence-electron chi connectivity index (χ4n) is 1.72. The third-order valence-electron chi connectivity index (χ3n) is 2.60. The molecule has 0 spiro atoms. The fourth-order valence-corrected chi connectivity index (χ4v) is 1.72. The topological polar surface area (TPSA) is 48.1 Å². The summed E-state index contributed by atoms with van der Waals surface area (Å²) in [6.07, 6.45) is -13.8. The van der Waals surface area contributed by atoms with Crippen molar-refractivity contribution >= 4 is 16.6 Å². The van der Waals surface area contributed by atoms with E-state index < -0.39 is 24.2 Å². The number of alkyl halides is 6. The number of hydrogen-bond donors (Lipinski definition) is 1. The van der Waals surface area contributed by atoms with E-state index in [0.29, 0.717) is 0 Å². The Bertz CT molecular complexity index is 638. The van der Waals surface area contributed by atoms with E-state index in [0.717, 1.165) is 12.1 Å². The highest BCUT2D eigenvalue weighted by Gasteiger charge is 2.59. The standard InChI is InChI=1S/C12H8F6N2O/c13-11(14,15)10(12(16,17)18)21-8-4-3-7(19)9-6(8)2-1-5-20-9/h1-5,10H,19H2. The van der Waals surface area contributed by atoms with Crippen LogP contribution in [0.15, 0.2) is 30.5 Å². The van der Waals surface area contributed by atoms with Crippen molar-refractivity contribution in [3.63, 3.8) is 0 Å². The van der Waals surface area contributed by atoms with Crippen LogP contribution in [-0.2, 0) is 0 Å². The highest BCUT2D eigenvalue weighted by atomic mass is 19.4. The van der Waals surface area contributed by atoms with E-state index in [-0.39, 0.29) is 16.6 Å². The maximum atomic E-state index is 12.5. The Labute approximate surface area is 114 Å². The van der Waals surface area contributed by atoms with Gasteiger partial charge in [0.05, 0.1) is 11.2 Å². The number of nitrogens with zero attached hydrogens (tertiary/aromatic N) is 1. The Morgan fingerprint density at radius 3 is 2.19 bits per heavy atom. The Morgan fingerprint density at radius 1 is 1.00 bits per heavy atom. The van der Waals surface area contributed by atoms with Crippen molar-refractivity contribution in [1.82, 2.24) is 4.98 Å². The summed E-state index contributed by atoms with van der Waals surface area (Å²) in [5.74, 6) is -0.591. The molecule has 0 fully saturated rings. The second kappa shape index (κ2) is 4.97. The number of rotatable bonds is 2. The van der Waals surface area contributed by atoms with Crippen molar-refractivity contribution in [2.75, 3.05) is 5.73 Å². The summed E-state index contributed by atoms with van der Waals surface area (Å²) in [5.41, 5.74) is 5.75. The van der Waals surface area contributed by atoms with Gasteiger partial charge in [-0.15, -0.1) is 0 Å². The Kier molecular flexibility index (Phi) is 3.60. The molecule has 2 N–H and O–H groups in total. The minimum Gasteiger partial charge on any atom is -0.471 e. The minimum atomic E-state index is -5.59. The predicted molar refractivity (Wildman–Crippen MR) is 62.7 cm³/mol. The average Bonchev–Trinajstić information content (AvgIpc) is 2.35. The third-order valence-corrected chi connectivity index (χ3v) is 2.60. The highest BCUT2D eigenvalue weighted by Crippen LogP contribution is 2.38. The number of anilines is 1. The van der Waals surface area contributed by atoms with Crippen LogP contribution >= 0.6 is 0 Å². The van der Waals surface area contributed by atoms with Gasteiger partial charge >= 0.3 is 12.4 Å². The van der Waals surface area contributed by atoms with Crippen LogP contribution in [0.4, 0.5) is 32.0 Å². The molecule has 3 nitrogen and oxygen atoms in total. The van der Waals surface area contributed by atoms with Crippen LogP contribution < -0.4 is 10.5 Å². The van der Waals surface area contributed by atoms with Crippen molar-refractivity contribution in [3.05, 3.63) is 30.5 Å². The zero-order valence-electron chi connectivity index (χ0n) is 10.2. The van der Waals surface area contributed by atoms with Crippen LogP contribution in [0.5, 0.6) is 5.75 Å². The Morgan fingerprint density at radius 2 is 1.62 bits per heavy atom. The van der Waals surface area contributed by atoms with E-state index in [4.69, 9.17) is 5.73 Å². The lowest BCUT2D eigenvalue weighted by Gasteiger charge is -2.24. The predicted octanol–water partition coefficient (Wildman–Crippen LogP) is 3.69. The molecule has 21 heavy (non-hydrogen) atoms. The molecule has 0 atom stereocenters. The molecule has 2 aromatic rings. The fraction of sp³-hybridized carbons (Fsp3) is 0.250. The number of nitrogen functional groups attached to an aromatic ring is 1. The number of hydrogen-bond acceptors (Lipinski definition) is 3. The first-order valence-corrected chi connectivity index (χ1v) is 5.54. The van der Waals surface area contributed by atoms with E-state index in [9.17, 15) is 26.3 Å². The maximum absolute atomic E-state index is 12.5. The number of fused-ring (bicyclic) bond motifs is 1. The first kappa shape index (κ1) is 15.2. The first-order valence-electron chi connectivity index (χ1n) is 5.54. The van der Waals surface area contributed by atoms with Crippen LogP contribution in [0.1, 0.15) is 0 Å². The van der Waals surface area contributed by atoms with Crippen LogP contribution in [-0.4, -0.2) is 23.4 Å². The normalized spacial score (nSPS) is 12.9. The summed E-state index contributed by atoms with van der Waals surface area (Å²) in [6, 6.07) is 4.71. The molecule has 0 saturated heterocycles. The molecule has 0 radical (unpaired) electrons. The molecular weight excluding hydrogens is 302 g/mol. The highest BCUT2D eigenvalue weighted by molar-refractivity contribution is 5.93. The van der Waals surface area contributed by atoms with Crippen molar-refractivity contribution in [2.24, 2.45) is 0 Å². The average molecular weight is 310 g/mol. The number of nitrogens with two attached hydrogens (primary N) is 1. The summed E-state index contributed by atoms with van der Waals surface area (Å²) in [5, 5.41) is -0.0315. The van der Waals surface area contributed by atoms with Gasteiger partial charge in [-0.25, -0.2) is 0 Å². The molecular formula is C12H8F6N2O. The summed E-state index contributed by atoms with van der Waals surface area (Å²) in [6.45, 7) is 0. The summed E-state index contributed by atoms with van der Waals surface area (Å²) in [7, 11) is 0. The number of halogens is 6. The van der Waals surface area contributed by atoms with Gasteiger partial charge in [0.25, 0.3) is 6.10 Å². The lowest BCUT2D eigenvalue weighted by Crippen LogP contribution is -2.46. The van der Waals surface area contributed by atoms with Crippen molar-refractivity contribution in [3.8, 4) is 5.75 Å². The monoisotopic (exact) mass is 310 g/mol. The van der Waals surface area contributed by atoms with Crippen LogP contribution in [0.3, 0.4) is 0 Å². The largest absolute Gasteiger partial charge is 0.471 e. The van der Waals surface area contributed by atoms with E-state index in [1.54, 1.807) is 0 Å². The molecule has 2 rings (SSSR count). The number of pyridine rings is 1. The SMILES string of the molecule is Nc1ccc(OC(C(F)(F)F)C(F)(F)F)c2cccnc12. The molecule has 0 unspecified atom stereocenters. The van der Waals surface area contributed by atoms with Gasteiger partial charge in [0, 0.05) is 11.6 Å². The van der Waals surface area contributed by atoms with Gasteiger partial charge in [-0.1, -0.05) is 0 Å². The molecule has 0 aliphatic rings. The van der Waals surface area contributed by atoms with Crippen molar-refractivity contribution in [1.29, 1.82) is 0 Å². The lowest BCUT2D eigenvalue weighted by atomic mass is 10.1.